The molecule has 3 saturated heterocycles. The average Bonchev–Trinajstić information content (AvgIpc) is 3.06. The van der Waals surface area contributed by atoms with Crippen molar-refractivity contribution in [2.24, 2.45) is 5.92 Å². The molecule has 1 N–H and O–H groups in total. The first-order valence-corrected chi connectivity index (χ1v) is 7.98. The monoisotopic (exact) mass is 279 g/mol. The number of hydrogen-bond acceptors (Lipinski definition) is 4. The molecule has 0 aromatic rings. The van der Waals surface area contributed by atoms with E-state index in [1.807, 2.05) is 4.90 Å². The smallest absolute Gasteiger partial charge is 0.219 e. The number of β-amino-alcohol motifs (C(OH)–C–C–N with tert-alkyl or cyclic N) is 1. The Hall–Kier alpha value is -0.650. The molecule has 1 spiro atoms. The van der Waals surface area contributed by atoms with Crippen LogP contribution in [0.3, 0.4) is 0 Å². The molecule has 0 unspecified atom stereocenters. The molecule has 0 radical (unpaired) electrons. The van der Waals surface area contributed by atoms with Crippen molar-refractivity contribution in [3.8, 4) is 0 Å². The van der Waals surface area contributed by atoms with Gasteiger partial charge in [0.15, 0.2) is 0 Å². The summed E-state index contributed by atoms with van der Waals surface area (Å²) in [5, 5.41) is 10.00. The molecule has 1 aliphatic carbocycles. The number of carbonyl (C=O) groups is 1. The van der Waals surface area contributed by atoms with Crippen LogP contribution in [0.4, 0.5) is 0 Å². The van der Waals surface area contributed by atoms with Gasteiger partial charge in [-0.2, -0.15) is 0 Å². The third kappa shape index (κ3) is 2.07. The largest absolute Gasteiger partial charge is 0.392 e. The number of likely N-dealkylation sites (tertiary alicyclic amines) is 1. The molecule has 112 valence electrons. The number of nitrogens with zero attached hydrogens (tertiary/aromatic N) is 3. The van der Waals surface area contributed by atoms with Gasteiger partial charge in [0, 0.05) is 52.2 Å². The van der Waals surface area contributed by atoms with E-state index in [0.29, 0.717) is 6.04 Å². The van der Waals surface area contributed by atoms with Gasteiger partial charge in [0.25, 0.3) is 0 Å². The van der Waals surface area contributed by atoms with Crippen LogP contribution >= 0.6 is 0 Å². The molecule has 5 heteroatoms. The SMILES string of the molecule is CC(=O)N1C[C@H]2C[C@@H](O)CN2C2(CN(CC3CC3)C2)C1. The zero-order valence-electron chi connectivity index (χ0n) is 12.3. The first-order chi connectivity index (χ1) is 9.56. The van der Waals surface area contributed by atoms with Gasteiger partial charge in [-0.05, 0) is 25.2 Å². The number of fused-ring (bicyclic) bond motifs is 2. The Balaban J connectivity index is 1.49. The van der Waals surface area contributed by atoms with E-state index >= 15 is 0 Å². The highest BCUT2D eigenvalue weighted by Crippen LogP contribution is 2.41. The van der Waals surface area contributed by atoms with Gasteiger partial charge in [-0.1, -0.05) is 0 Å². The summed E-state index contributed by atoms with van der Waals surface area (Å²) in [7, 11) is 0. The van der Waals surface area contributed by atoms with Crippen molar-refractivity contribution in [2.45, 2.75) is 43.9 Å². The number of rotatable bonds is 2. The lowest BCUT2D eigenvalue weighted by molar-refractivity contribution is -0.148. The highest BCUT2D eigenvalue weighted by atomic mass is 16.3. The fourth-order valence-electron chi connectivity index (χ4n) is 4.51. The normalized spacial score (nSPS) is 37.0. The van der Waals surface area contributed by atoms with Gasteiger partial charge in [-0.25, -0.2) is 0 Å². The second-order valence-electron chi connectivity index (χ2n) is 7.43. The van der Waals surface area contributed by atoms with Crippen LogP contribution in [-0.2, 0) is 4.79 Å². The summed E-state index contributed by atoms with van der Waals surface area (Å²) in [5.74, 6) is 1.12. The molecule has 0 aromatic carbocycles. The third-order valence-corrected chi connectivity index (χ3v) is 5.61. The van der Waals surface area contributed by atoms with Crippen molar-refractivity contribution in [1.29, 1.82) is 0 Å². The first-order valence-electron chi connectivity index (χ1n) is 7.98. The molecule has 4 rings (SSSR count). The quantitative estimate of drug-likeness (QED) is 0.757. The maximum Gasteiger partial charge on any atom is 0.219 e. The Labute approximate surface area is 120 Å². The van der Waals surface area contributed by atoms with Gasteiger partial charge < -0.3 is 10.0 Å². The van der Waals surface area contributed by atoms with Crippen molar-refractivity contribution in [3.05, 3.63) is 0 Å². The van der Waals surface area contributed by atoms with Crippen LogP contribution in [0.15, 0.2) is 0 Å². The van der Waals surface area contributed by atoms with Crippen molar-refractivity contribution in [2.75, 3.05) is 39.3 Å². The molecule has 4 fully saturated rings. The summed E-state index contributed by atoms with van der Waals surface area (Å²) in [6.07, 6.45) is 3.41. The zero-order valence-corrected chi connectivity index (χ0v) is 12.3. The van der Waals surface area contributed by atoms with E-state index in [1.54, 1.807) is 6.92 Å². The highest BCUT2D eigenvalue weighted by Gasteiger charge is 2.56. The van der Waals surface area contributed by atoms with Crippen LogP contribution in [0, 0.1) is 5.92 Å². The summed E-state index contributed by atoms with van der Waals surface area (Å²) in [6, 6.07) is 0.366. The molecule has 1 amide bonds. The van der Waals surface area contributed by atoms with Crippen molar-refractivity contribution >= 4 is 5.91 Å². The zero-order chi connectivity index (χ0) is 13.9. The lowest BCUT2D eigenvalue weighted by Crippen LogP contribution is -2.78. The van der Waals surface area contributed by atoms with Gasteiger partial charge in [-0.3, -0.25) is 14.6 Å². The van der Waals surface area contributed by atoms with E-state index in [9.17, 15) is 9.90 Å². The lowest BCUT2D eigenvalue weighted by Gasteiger charge is -2.61. The van der Waals surface area contributed by atoms with Crippen molar-refractivity contribution < 1.29 is 9.90 Å². The predicted octanol–water partition coefficient (Wildman–Crippen LogP) is -0.252. The molecular weight excluding hydrogens is 254 g/mol. The van der Waals surface area contributed by atoms with Crippen molar-refractivity contribution in [3.63, 3.8) is 0 Å². The maximum atomic E-state index is 11.8. The number of aliphatic hydroxyl groups excluding tert-OH is 1. The Morgan fingerprint density at radius 1 is 1.25 bits per heavy atom. The Morgan fingerprint density at radius 3 is 2.65 bits per heavy atom. The topological polar surface area (TPSA) is 47.0 Å². The van der Waals surface area contributed by atoms with Crippen LogP contribution in [0.1, 0.15) is 26.2 Å². The molecule has 0 aromatic heterocycles. The Morgan fingerprint density at radius 2 is 2.00 bits per heavy atom. The molecule has 4 aliphatic rings. The third-order valence-electron chi connectivity index (χ3n) is 5.61. The highest BCUT2D eigenvalue weighted by molar-refractivity contribution is 5.73. The minimum absolute atomic E-state index is 0.126. The molecule has 0 bridgehead atoms. The fraction of sp³-hybridized carbons (Fsp3) is 0.933. The summed E-state index contributed by atoms with van der Waals surface area (Å²) < 4.78 is 0. The number of hydrogen-bond donors (Lipinski definition) is 1. The summed E-state index contributed by atoms with van der Waals surface area (Å²) in [4.78, 5) is 18.9. The van der Waals surface area contributed by atoms with Gasteiger partial charge >= 0.3 is 0 Å². The minimum Gasteiger partial charge on any atom is -0.392 e. The van der Waals surface area contributed by atoms with E-state index < -0.39 is 0 Å². The van der Waals surface area contributed by atoms with Gasteiger partial charge in [0.05, 0.1) is 11.6 Å². The van der Waals surface area contributed by atoms with Gasteiger partial charge in [0.1, 0.15) is 0 Å². The second kappa shape index (κ2) is 4.42. The molecule has 2 atom stereocenters. The Kier molecular flexibility index (Phi) is 2.88. The number of amides is 1. The second-order valence-corrected chi connectivity index (χ2v) is 7.43. The number of piperazine rings is 1. The molecule has 3 heterocycles. The van der Waals surface area contributed by atoms with E-state index in [2.05, 4.69) is 9.80 Å². The fourth-order valence-corrected chi connectivity index (χ4v) is 4.51. The molecule has 20 heavy (non-hydrogen) atoms. The molecule has 5 nitrogen and oxygen atoms in total. The van der Waals surface area contributed by atoms with Crippen LogP contribution in [0.2, 0.25) is 0 Å². The number of aliphatic hydroxyl groups is 1. The van der Waals surface area contributed by atoms with E-state index in [-0.39, 0.29) is 17.6 Å². The summed E-state index contributed by atoms with van der Waals surface area (Å²) in [6.45, 7) is 7.53. The van der Waals surface area contributed by atoms with E-state index in [1.165, 1.54) is 19.4 Å². The standard InChI is InChI=1S/C15H25N3O2/c1-11(19)17-6-13-4-14(20)7-18(13)15(10-17)8-16(9-15)5-12-2-3-12/h12-14,20H,2-10H2,1H3/t13-,14-/m1/s1. The maximum absolute atomic E-state index is 11.8. The van der Waals surface area contributed by atoms with Crippen LogP contribution < -0.4 is 0 Å². The average molecular weight is 279 g/mol. The Bertz CT molecular complexity index is 417. The molecular formula is C15H25N3O2. The minimum atomic E-state index is -0.207. The predicted molar refractivity (Wildman–Crippen MR) is 75.3 cm³/mol. The summed E-state index contributed by atoms with van der Waals surface area (Å²) in [5.41, 5.74) is 0.126. The molecule has 3 aliphatic heterocycles. The first kappa shape index (κ1) is 13.0. The lowest BCUT2D eigenvalue weighted by atomic mass is 9.83. The van der Waals surface area contributed by atoms with Crippen LogP contribution in [-0.4, -0.2) is 82.7 Å². The van der Waals surface area contributed by atoms with Crippen LogP contribution in [0.25, 0.3) is 0 Å². The summed E-state index contributed by atoms with van der Waals surface area (Å²) >= 11 is 0. The van der Waals surface area contributed by atoms with E-state index in [4.69, 9.17) is 0 Å². The molecule has 1 saturated carbocycles. The van der Waals surface area contributed by atoms with Gasteiger partial charge in [0.2, 0.25) is 5.91 Å². The number of carbonyl (C=O) groups excluding carboxylic acids is 1. The van der Waals surface area contributed by atoms with Crippen molar-refractivity contribution in [1.82, 2.24) is 14.7 Å². The van der Waals surface area contributed by atoms with Gasteiger partial charge in [-0.15, -0.1) is 0 Å². The van der Waals surface area contributed by atoms with E-state index in [0.717, 1.165) is 45.1 Å². The van der Waals surface area contributed by atoms with Crippen LogP contribution in [0.5, 0.6) is 0 Å².